The third-order valence-electron chi connectivity index (χ3n) is 4.76. The number of hydrogen-bond donors (Lipinski definition) is 2. The number of aliphatic imine (C=N–C) groups is 1. The molecule has 8 heteroatoms. The largest absolute Gasteiger partial charge is 0.354 e. The van der Waals surface area contributed by atoms with E-state index >= 15 is 0 Å². The Kier molecular flexibility index (Phi) is 9.15. The van der Waals surface area contributed by atoms with Crippen molar-refractivity contribution in [2.75, 3.05) is 20.1 Å². The minimum absolute atomic E-state index is 0. The molecule has 0 saturated carbocycles. The standard InChI is InChI=1S/C20H24FN5S.HI/c1-23-20(24-12-17-10-15(11-22)2-3-19(17)21)25-18-4-7-26(8-5-18)13-16-6-9-27-14-16;/h2-3,6,9-10,14,18H,4-5,7-8,12-13H2,1H3,(H2,23,24,25);1H. The number of piperidine rings is 1. The molecule has 3 rings (SSSR count). The summed E-state index contributed by atoms with van der Waals surface area (Å²) < 4.78 is 13.9. The van der Waals surface area contributed by atoms with E-state index in [0.29, 0.717) is 23.1 Å². The highest BCUT2D eigenvalue weighted by molar-refractivity contribution is 14.0. The predicted octanol–water partition coefficient (Wildman–Crippen LogP) is 3.71. The Morgan fingerprint density at radius 1 is 1.36 bits per heavy atom. The van der Waals surface area contributed by atoms with Crippen LogP contribution in [0.5, 0.6) is 0 Å². The van der Waals surface area contributed by atoms with E-state index in [9.17, 15) is 4.39 Å². The molecular formula is C20H25FIN5S. The van der Waals surface area contributed by atoms with E-state index in [1.807, 2.05) is 6.07 Å². The molecule has 1 aromatic heterocycles. The van der Waals surface area contributed by atoms with Gasteiger partial charge in [0.25, 0.3) is 0 Å². The molecule has 1 saturated heterocycles. The van der Waals surface area contributed by atoms with Crippen molar-refractivity contribution < 1.29 is 4.39 Å². The second-order valence-electron chi connectivity index (χ2n) is 6.67. The third kappa shape index (κ3) is 6.43. The van der Waals surface area contributed by atoms with Gasteiger partial charge in [0.2, 0.25) is 0 Å². The Morgan fingerprint density at radius 3 is 2.79 bits per heavy atom. The van der Waals surface area contributed by atoms with Crippen LogP contribution in [0.25, 0.3) is 0 Å². The molecule has 0 unspecified atom stereocenters. The molecule has 150 valence electrons. The monoisotopic (exact) mass is 513 g/mol. The van der Waals surface area contributed by atoms with Crippen molar-refractivity contribution in [3.05, 3.63) is 57.5 Å². The van der Waals surface area contributed by atoms with Gasteiger partial charge in [0.1, 0.15) is 5.82 Å². The number of nitriles is 1. The van der Waals surface area contributed by atoms with Gasteiger partial charge < -0.3 is 10.6 Å². The zero-order chi connectivity index (χ0) is 19.1. The average molecular weight is 513 g/mol. The first kappa shape index (κ1) is 22.6. The number of likely N-dealkylation sites (tertiary alicyclic amines) is 1. The van der Waals surface area contributed by atoms with Gasteiger partial charge in [-0.1, -0.05) is 0 Å². The number of thiophene rings is 1. The van der Waals surface area contributed by atoms with Crippen LogP contribution >= 0.6 is 35.3 Å². The quantitative estimate of drug-likeness (QED) is 0.364. The van der Waals surface area contributed by atoms with E-state index in [1.54, 1.807) is 24.5 Å². The molecule has 0 radical (unpaired) electrons. The van der Waals surface area contributed by atoms with Crippen molar-refractivity contribution in [1.82, 2.24) is 15.5 Å². The highest BCUT2D eigenvalue weighted by Crippen LogP contribution is 2.15. The average Bonchev–Trinajstić information content (AvgIpc) is 3.20. The fourth-order valence-corrected chi connectivity index (χ4v) is 3.88. The van der Waals surface area contributed by atoms with Crippen LogP contribution in [0.4, 0.5) is 4.39 Å². The fraction of sp³-hybridized carbons (Fsp3) is 0.400. The number of nitrogens with one attached hydrogen (secondary N) is 2. The lowest BCUT2D eigenvalue weighted by molar-refractivity contribution is 0.198. The molecule has 1 fully saturated rings. The summed E-state index contributed by atoms with van der Waals surface area (Å²) in [5, 5.41) is 19.9. The summed E-state index contributed by atoms with van der Waals surface area (Å²) >= 11 is 1.74. The lowest BCUT2D eigenvalue weighted by atomic mass is 10.0. The topological polar surface area (TPSA) is 63.5 Å². The van der Waals surface area contributed by atoms with Crippen molar-refractivity contribution in [3.63, 3.8) is 0 Å². The van der Waals surface area contributed by atoms with E-state index in [0.717, 1.165) is 32.5 Å². The van der Waals surface area contributed by atoms with Gasteiger partial charge in [0.15, 0.2) is 5.96 Å². The maximum atomic E-state index is 13.9. The second kappa shape index (κ2) is 11.3. The van der Waals surface area contributed by atoms with Gasteiger partial charge in [-0.15, -0.1) is 24.0 Å². The Morgan fingerprint density at radius 2 is 2.14 bits per heavy atom. The molecule has 2 heterocycles. The van der Waals surface area contributed by atoms with Crippen LogP contribution in [0, 0.1) is 17.1 Å². The van der Waals surface area contributed by atoms with Gasteiger partial charge in [-0.05, 0) is 53.4 Å². The van der Waals surface area contributed by atoms with Crippen molar-refractivity contribution in [2.24, 2.45) is 4.99 Å². The SMILES string of the molecule is CN=C(NCc1cc(C#N)ccc1F)NC1CCN(Cc2ccsc2)CC1.I. The van der Waals surface area contributed by atoms with Crippen LogP contribution in [0.2, 0.25) is 0 Å². The Labute approximate surface area is 186 Å². The van der Waals surface area contributed by atoms with Crippen molar-refractivity contribution >= 4 is 41.3 Å². The lowest BCUT2D eigenvalue weighted by Gasteiger charge is -2.33. The molecule has 2 N–H and O–H groups in total. The number of nitrogens with zero attached hydrogens (tertiary/aromatic N) is 3. The van der Waals surface area contributed by atoms with Crippen LogP contribution < -0.4 is 10.6 Å². The second-order valence-corrected chi connectivity index (χ2v) is 7.45. The van der Waals surface area contributed by atoms with Crippen molar-refractivity contribution in [3.8, 4) is 6.07 Å². The number of benzene rings is 1. The van der Waals surface area contributed by atoms with Crippen LogP contribution in [0.1, 0.15) is 29.5 Å². The number of hydrogen-bond acceptors (Lipinski definition) is 4. The highest BCUT2D eigenvalue weighted by Gasteiger charge is 2.20. The number of guanidine groups is 1. The maximum absolute atomic E-state index is 13.9. The highest BCUT2D eigenvalue weighted by atomic mass is 127. The van der Waals surface area contributed by atoms with Crippen LogP contribution in [0.15, 0.2) is 40.0 Å². The molecule has 0 atom stereocenters. The third-order valence-corrected chi connectivity index (χ3v) is 5.49. The zero-order valence-electron chi connectivity index (χ0n) is 15.8. The normalized spacial score (nSPS) is 15.5. The number of rotatable bonds is 5. The molecule has 1 aliphatic heterocycles. The Balaban J connectivity index is 0.00000280. The van der Waals surface area contributed by atoms with Gasteiger partial charge >= 0.3 is 0 Å². The molecule has 28 heavy (non-hydrogen) atoms. The van der Waals surface area contributed by atoms with Gasteiger partial charge in [0.05, 0.1) is 11.6 Å². The minimum Gasteiger partial charge on any atom is -0.354 e. The first-order chi connectivity index (χ1) is 13.2. The molecule has 1 aliphatic rings. The van der Waals surface area contributed by atoms with E-state index in [4.69, 9.17) is 5.26 Å². The van der Waals surface area contributed by atoms with Gasteiger partial charge in [0, 0.05) is 44.8 Å². The minimum atomic E-state index is -0.321. The Bertz CT molecular complexity index is 810. The summed E-state index contributed by atoms with van der Waals surface area (Å²) in [5.74, 6) is 0.340. The lowest BCUT2D eigenvalue weighted by Crippen LogP contribution is -2.48. The summed E-state index contributed by atoms with van der Waals surface area (Å²) in [6.45, 7) is 3.39. The molecule has 1 aromatic carbocycles. The first-order valence-electron chi connectivity index (χ1n) is 9.07. The van der Waals surface area contributed by atoms with Gasteiger partial charge in [-0.2, -0.15) is 16.6 Å². The summed E-state index contributed by atoms with van der Waals surface area (Å²) in [7, 11) is 1.71. The van der Waals surface area contributed by atoms with E-state index in [-0.39, 0.29) is 36.3 Å². The van der Waals surface area contributed by atoms with Gasteiger partial charge in [-0.25, -0.2) is 4.39 Å². The smallest absolute Gasteiger partial charge is 0.191 e. The maximum Gasteiger partial charge on any atom is 0.191 e. The van der Waals surface area contributed by atoms with Crippen LogP contribution in [-0.4, -0.2) is 37.0 Å². The molecule has 0 spiro atoms. The van der Waals surface area contributed by atoms with Crippen molar-refractivity contribution in [2.45, 2.75) is 32.0 Å². The summed E-state index contributed by atoms with van der Waals surface area (Å²) in [6, 6.07) is 8.95. The fourth-order valence-electron chi connectivity index (χ4n) is 3.22. The first-order valence-corrected chi connectivity index (χ1v) is 10.0. The van der Waals surface area contributed by atoms with Gasteiger partial charge in [-0.3, -0.25) is 9.89 Å². The molecule has 0 amide bonds. The molecule has 2 aromatic rings. The molecule has 0 aliphatic carbocycles. The van der Waals surface area contributed by atoms with Crippen LogP contribution in [-0.2, 0) is 13.1 Å². The van der Waals surface area contributed by atoms with E-state index in [2.05, 4.69) is 37.4 Å². The molecule has 0 bridgehead atoms. The summed E-state index contributed by atoms with van der Waals surface area (Å²) in [4.78, 5) is 6.72. The van der Waals surface area contributed by atoms with E-state index < -0.39 is 0 Å². The Hall–Kier alpha value is -1.70. The zero-order valence-corrected chi connectivity index (χ0v) is 19.0. The summed E-state index contributed by atoms with van der Waals surface area (Å²) in [5.41, 5.74) is 2.29. The van der Waals surface area contributed by atoms with Crippen molar-refractivity contribution in [1.29, 1.82) is 5.26 Å². The number of halogens is 2. The van der Waals surface area contributed by atoms with Crippen LogP contribution in [0.3, 0.4) is 0 Å². The summed E-state index contributed by atoms with van der Waals surface area (Å²) in [6.07, 6.45) is 2.09. The molecule has 5 nitrogen and oxygen atoms in total. The predicted molar refractivity (Wildman–Crippen MR) is 122 cm³/mol. The van der Waals surface area contributed by atoms with E-state index in [1.165, 1.54) is 17.7 Å². The molecular weight excluding hydrogens is 488 g/mol.